The largest absolute Gasteiger partial charge is 0.549 e. The summed E-state index contributed by atoms with van der Waals surface area (Å²) < 4.78 is 10.8. The zero-order valence-corrected chi connectivity index (χ0v) is 17.9. The minimum absolute atomic E-state index is 0.0388. The van der Waals surface area contributed by atoms with Crippen molar-refractivity contribution in [1.82, 2.24) is 0 Å². The van der Waals surface area contributed by atoms with Gasteiger partial charge in [-0.25, -0.2) is 0 Å². The number of Topliss-reactive ketones (excluding diaryl/α,β-unsaturated/α-hetero) is 1. The van der Waals surface area contributed by atoms with Crippen molar-refractivity contribution in [2.45, 2.75) is 66.0 Å². The molecule has 0 saturated carbocycles. The third kappa shape index (κ3) is 6.63. The summed E-state index contributed by atoms with van der Waals surface area (Å²) in [6.45, 7) is 10.8. The maximum atomic E-state index is 12.5. The van der Waals surface area contributed by atoms with Gasteiger partial charge in [-0.05, 0) is 37.1 Å². The van der Waals surface area contributed by atoms with E-state index < -0.39 is 9.04 Å². The van der Waals surface area contributed by atoms with Gasteiger partial charge in [0.2, 0.25) is 9.04 Å². The fourth-order valence-corrected chi connectivity index (χ4v) is 4.74. The number of ketones is 1. The highest BCUT2D eigenvalue weighted by molar-refractivity contribution is 8.04. The van der Waals surface area contributed by atoms with Gasteiger partial charge in [-0.2, -0.15) is 0 Å². The molecule has 0 bridgehead atoms. The maximum absolute atomic E-state index is 12.5. The summed E-state index contributed by atoms with van der Waals surface area (Å²) in [6, 6.07) is 0. The number of esters is 1. The molecule has 1 atom stereocenters. The fraction of sp³-hybridized carbons (Fsp3) is 0.778. The Morgan fingerprint density at radius 2 is 1.92 bits per heavy atom. The Morgan fingerprint density at radius 3 is 2.46 bits per heavy atom. The van der Waals surface area contributed by atoms with Crippen molar-refractivity contribution in [3.63, 3.8) is 0 Å². The van der Waals surface area contributed by atoms with Crippen molar-refractivity contribution >= 4 is 32.6 Å². The Bertz CT molecular complexity index is 480. The van der Waals surface area contributed by atoms with E-state index in [2.05, 4.69) is 38.6 Å². The van der Waals surface area contributed by atoms with Crippen LogP contribution in [0.25, 0.3) is 0 Å². The van der Waals surface area contributed by atoms with Crippen LogP contribution in [0.1, 0.15) is 52.9 Å². The second kappa shape index (κ2) is 9.66. The normalized spacial score (nSPS) is 18.5. The summed E-state index contributed by atoms with van der Waals surface area (Å²) in [5, 5.41) is 0. The first-order valence-electron chi connectivity index (χ1n) is 8.80. The number of unbranched alkanes of at least 4 members (excludes halogenated alkanes) is 2. The molecule has 1 rings (SSSR count). The van der Waals surface area contributed by atoms with E-state index in [-0.39, 0.29) is 23.1 Å². The molecule has 0 radical (unpaired) electrons. The number of hydrogen-bond acceptors (Lipinski definition) is 5. The van der Waals surface area contributed by atoms with Gasteiger partial charge >= 0.3 is 5.97 Å². The van der Waals surface area contributed by atoms with E-state index in [1.165, 1.54) is 7.11 Å². The molecule has 0 amide bonds. The number of hydrogen-bond donors (Lipinski definition) is 0. The molecule has 0 spiro atoms. The molecule has 0 aliphatic heterocycles. The zero-order chi connectivity index (χ0) is 18.3. The van der Waals surface area contributed by atoms with Crippen molar-refractivity contribution in [3.8, 4) is 0 Å². The van der Waals surface area contributed by atoms with Gasteiger partial charge in [0.15, 0.2) is 5.78 Å². The molecule has 0 aromatic heterocycles. The zero-order valence-electron chi connectivity index (χ0n) is 15.9. The molecule has 1 aliphatic carbocycles. The predicted molar refractivity (Wildman–Crippen MR) is 102 cm³/mol. The molecule has 0 N–H and O–H groups in total. The van der Waals surface area contributed by atoms with Crippen LogP contribution in [-0.4, -0.2) is 33.7 Å². The Balaban J connectivity index is 2.60. The lowest BCUT2D eigenvalue weighted by atomic mass is 9.79. The average molecular weight is 373 g/mol. The molecular weight excluding hydrogens is 340 g/mol. The lowest BCUT2D eigenvalue weighted by Crippen LogP contribution is -2.24. The van der Waals surface area contributed by atoms with Crippen molar-refractivity contribution in [2.75, 3.05) is 12.9 Å². The molecule has 0 fully saturated rings. The number of rotatable bonds is 9. The molecule has 0 unspecified atom stereocenters. The summed E-state index contributed by atoms with van der Waals surface area (Å²) in [7, 11) is 0.176. The van der Waals surface area contributed by atoms with Crippen molar-refractivity contribution in [1.29, 1.82) is 0 Å². The van der Waals surface area contributed by atoms with E-state index in [0.717, 1.165) is 35.7 Å². The highest BCUT2D eigenvalue weighted by atomic mass is 32.2. The van der Waals surface area contributed by atoms with Crippen molar-refractivity contribution < 1.29 is 18.8 Å². The summed E-state index contributed by atoms with van der Waals surface area (Å²) in [5.41, 5.74) is 0.0388. The number of carbonyl (C=O) groups is 2. The van der Waals surface area contributed by atoms with Crippen LogP contribution >= 0.6 is 11.8 Å². The van der Waals surface area contributed by atoms with Crippen LogP contribution in [0, 0.1) is 11.3 Å². The van der Waals surface area contributed by atoms with Gasteiger partial charge in [-0.15, -0.1) is 11.8 Å². The SMILES string of the molecule is COC(=O)CCCCCSC1=C(O[SiH](C)C)[C@@H](C(C)(C)C)CC1=O. The monoisotopic (exact) mass is 372 g/mol. The quantitative estimate of drug-likeness (QED) is 0.343. The molecule has 24 heavy (non-hydrogen) atoms. The smallest absolute Gasteiger partial charge is 0.305 e. The van der Waals surface area contributed by atoms with Gasteiger partial charge in [-0.1, -0.05) is 27.2 Å². The van der Waals surface area contributed by atoms with Crippen LogP contribution in [0.2, 0.25) is 13.1 Å². The van der Waals surface area contributed by atoms with E-state index in [4.69, 9.17) is 4.43 Å². The minimum Gasteiger partial charge on any atom is -0.549 e. The average Bonchev–Trinajstić information content (AvgIpc) is 2.78. The minimum atomic E-state index is -1.24. The highest BCUT2D eigenvalue weighted by Crippen LogP contribution is 2.45. The summed E-state index contributed by atoms with van der Waals surface area (Å²) >= 11 is 1.64. The van der Waals surface area contributed by atoms with E-state index in [9.17, 15) is 9.59 Å². The first-order chi connectivity index (χ1) is 11.2. The Hall–Kier alpha value is -0.753. The summed E-state index contributed by atoms with van der Waals surface area (Å²) in [5.74, 6) is 2.13. The van der Waals surface area contributed by atoms with E-state index in [0.29, 0.717) is 12.8 Å². The van der Waals surface area contributed by atoms with Gasteiger partial charge in [0.1, 0.15) is 5.76 Å². The number of allylic oxidation sites excluding steroid dienone is 2. The molecule has 1 aliphatic rings. The lowest BCUT2D eigenvalue weighted by molar-refractivity contribution is -0.140. The highest BCUT2D eigenvalue weighted by Gasteiger charge is 2.40. The molecule has 0 saturated heterocycles. The molecule has 4 nitrogen and oxygen atoms in total. The Labute approximate surface area is 152 Å². The molecule has 0 aromatic rings. The summed E-state index contributed by atoms with van der Waals surface area (Å²) in [4.78, 5) is 24.4. The van der Waals surface area contributed by atoms with Crippen molar-refractivity contribution in [2.24, 2.45) is 11.3 Å². The van der Waals surface area contributed by atoms with E-state index in [1.807, 2.05) is 0 Å². The van der Waals surface area contributed by atoms with Gasteiger partial charge in [0.25, 0.3) is 0 Å². The van der Waals surface area contributed by atoms with E-state index in [1.54, 1.807) is 11.8 Å². The van der Waals surface area contributed by atoms with Crippen LogP contribution in [0.5, 0.6) is 0 Å². The number of methoxy groups -OCH3 is 1. The maximum Gasteiger partial charge on any atom is 0.305 e. The third-order valence-electron chi connectivity index (χ3n) is 4.09. The number of carbonyl (C=O) groups excluding carboxylic acids is 2. The second-order valence-corrected chi connectivity index (χ2v) is 11.1. The Morgan fingerprint density at radius 1 is 1.25 bits per heavy atom. The van der Waals surface area contributed by atoms with E-state index >= 15 is 0 Å². The van der Waals surface area contributed by atoms with Crippen molar-refractivity contribution in [3.05, 3.63) is 10.7 Å². The van der Waals surface area contributed by atoms with Crippen LogP contribution in [0.4, 0.5) is 0 Å². The summed E-state index contributed by atoms with van der Waals surface area (Å²) in [6.07, 6.45) is 3.85. The first kappa shape index (κ1) is 21.3. The van der Waals surface area contributed by atoms with Gasteiger partial charge < -0.3 is 9.16 Å². The van der Waals surface area contributed by atoms with Gasteiger partial charge in [0, 0.05) is 18.8 Å². The van der Waals surface area contributed by atoms with Crippen LogP contribution in [0.15, 0.2) is 10.7 Å². The Kier molecular flexibility index (Phi) is 8.57. The third-order valence-corrected chi connectivity index (χ3v) is 6.03. The van der Waals surface area contributed by atoms with Gasteiger partial charge in [-0.3, -0.25) is 9.59 Å². The number of ether oxygens (including phenoxy) is 1. The second-order valence-electron chi connectivity index (χ2n) is 7.64. The standard InChI is InChI=1S/C18H32O4SSi/c1-18(2,3)13-12-14(19)17(16(13)22-24(5)6)23-11-9-7-8-10-15(20)21-4/h13,24H,7-12H2,1-6H3/t13-/m0/s1. The molecular formula is C18H32O4SSi. The first-order valence-corrected chi connectivity index (χ1v) is 12.6. The molecule has 6 heteroatoms. The lowest BCUT2D eigenvalue weighted by Gasteiger charge is -2.30. The molecule has 138 valence electrons. The van der Waals surface area contributed by atoms with Crippen LogP contribution in [-0.2, 0) is 18.8 Å². The molecule has 0 heterocycles. The van der Waals surface area contributed by atoms with Gasteiger partial charge in [0.05, 0.1) is 12.0 Å². The fourth-order valence-electron chi connectivity index (χ4n) is 2.73. The predicted octanol–water partition coefficient (Wildman–Crippen LogP) is 4.30. The number of thioether (sulfide) groups is 1. The topological polar surface area (TPSA) is 52.6 Å². The van der Waals surface area contributed by atoms with Crippen LogP contribution in [0.3, 0.4) is 0 Å². The van der Waals surface area contributed by atoms with Crippen LogP contribution < -0.4 is 0 Å². The molecule has 0 aromatic carbocycles.